The number of hydrogen-bond donors (Lipinski definition) is 0. The van der Waals surface area contributed by atoms with Crippen LogP contribution in [0, 0.1) is 11.8 Å². The first-order chi connectivity index (χ1) is 10.3. The maximum absolute atomic E-state index is 2.38. The number of benzene rings is 2. The third-order valence-corrected chi connectivity index (χ3v) is 5.06. The maximum Gasteiger partial charge on any atom is -0.00617 e. The van der Waals surface area contributed by atoms with Gasteiger partial charge in [-0.2, -0.15) is 0 Å². The Kier molecular flexibility index (Phi) is 4.80. The smallest absolute Gasteiger partial charge is 0.00617 e. The first-order valence-electron chi connectivity index (χ1n) is 8.19. The predicted octanol–water partition coefficient (Wildman–Crippen LogP) is 6.17. The van der Waals surface area contributed by atoms with Gasteiger partial charge in [-0.25, -0.2) is 0 Å². The lowest BCUT2D eigenvalue weighted by atomic mass is 9.56. The molecular formula is C22H29. The summed E-state index contributed by atoms with van der Waals surface area (Å²) < 4.78 is 0. The average molecular weight is 293 g/mol. The highest BCUT2D eigenvalue weighted by Crippen LogP contribution is 2.48. The molecule has 0 nitrogen and oxygen atoms in total. The summed E-state index contributed by atoms with van der Waals surface area (Å²) in [4.78, 5) is 0. The summed E-state index contributed by atoms with van der Waals surface area (Å²) in [5, 5.41) is 0. The van der Waals surface area contributed by atoms with Gasteiger partial charge in [0.15, 0.2) is 0 Å². The van der Waals surface area contributed by atoms with Crippen molar-refractivity contribution in [3.8, 4) is 0 Å². The van der Waals surface area contributed by atoms with Gasteiger partial charge in [0.05, 0.1) is 0 Å². The molecule has 0 aromatic heterocycles. The first kappa shape index (κ1) is 16.8. The zero-order valence-corrected chi connectivity index (χ0v) is 14.9. The maximum atomic E-state index is 2.38. The van der Waals surface area contributed by atoms with E-state index in [-0.39, 0.29) is 10.8 Å². The minimum atomic E-state index is 0.0828. The Balaban J connectivity index is 2.51. The summed E-state index contributed by atoms with van der Waals surface area (Å²) in [6.07, 6.45) is 0. The fraction of sp³-hybridized carbons (Fsp3) is 0.409. The van der Waals surface area contributed by atoms with E-state index in [4.69, 9.17) is 0 Å². The summed E-state index contributed by atoms with van der Waals surface area (Å²) >= 11 is 0. The zero-order valence-electron chi connectivity index (χ0n) is 14.9. The van der Waals surface area contributed by atoms with E-state index in [0.29, 0.717) is 5.92 Å². The Bertz CT molecular complexity index is 524. The Morgan fingerprint density at radius 1 is 0.636 bits per heavy atom. The van der Waals surface area contributed by atoms with E-state index in [1.807, 2.05) is 0 Å². The summed E-state index contributed by atoms with van der Waals surface area (Å²) in [5.74, 6) is 1.95. The second-order valence-electron chi connectivity index (χ2n) is 7.69. The van der Waals surface area contributed by atoms with Gasteiger partial charge in [-0.1, -0.05) is 102 Å². The van der Waals surface area contributed by atoms with E-state index in [1.165, 1.54) is 17.0 Å². The van der Waals surface area contributed by atoms with Crippen LogP contribution in [0.4, 0.5) is 0 Å². The van der Waals surface area contributed by atoms with Crippen molar-refractivity contribution in [2.45, 2.75) is 52.4 Å². The fourth-order valence-electron chi connectivity index (χ4n) is 4.41. The van der Waals surface area contributed by atoms with Gasteiger partial charge in [-0.15, -0.1) is 0 Å². The third-order valence-electron chi connectivity index (χ3n) is 5.06. The molecule has 117 valence electrons. The van der Waals surface area contributed by atoms with Crippen LogP contribution in [0.5, 0.6) is 0 Å². The van der Waals surface area contributed by atoms with E-state index in [9.17, 15) is 0 Å². The molecule has 0 aliphatic carbocycles. The van der Waals surface area contributed by atoms with Gasteiger partial charge in [0, 0.05) is 0 Å². The molecule has 2 rings (SSSR count). The van der Waals surface area contributed by atoms with Crippen LogP contribution in [0.3, 0.4) is 0 Å². The third kappa shape index (κ3) is 3.11. The standard InChI is InChI=1S/C22H29/c1-17(2)20(21(3,4)18-13-9-7-10-14-18)22(5,6)19-15-11-8-12-16-19/h7-16,20H,1-6H3. The molecule has 0 saturated heterocycles. The minimum Gasteiger partial charge on any atom is -0.0622 e. The Labute approximate surface area is 136 Å². The summed E-state index contributed by atoms with van der Waals surface area (Å²) in [6, 6.07) is 21.8. The van der Waals surface area contributed by atoms with Crippen LogP contribution >= 0.6 is 0 Å². The molecule has 0 unspecified atom stereocenters. The van der Waals surface area contributed by atoms with Crippen molar-refractivity contribution in [1.82, 2.24) is 0 Å². The molecule has 0 spiro atoms. The van der Waals surface area contributed by atoms with Crippen LogP contribution in [0.1, 0.15) is 52.7 Å². The molecule has 0 saturated carbocycles. The quantitative estimate of drug-likeness (QED) is 0.618. The Hall–Kier alpha value is -1.56. The Morgan fingerprint density at radius 3 is 1.23 bits per heavy atom. The lowest BCUT2D eigenvalue weighted by molar-refractivity contribution is 0.214. The lowest BCUT2D eigenvalue weighted by Gasteiger charge is -2.47. The van der Waals surface area contributed by atoms with Gasteiger partial charge in [-0.3, -0.25) is 0 Å². The molecule has 0 fully saturated rings. The molecule has 0 amide bonds. The fourth-order valence-corrected chi connectivity index (χ4v) is 4.41. The molecule has 0 heteroatoms. The van der Waals surface area contributed by atoms with Gasteiger partial charge >= 0.3 is 0 Å². The van der Waals surface area contributed by atoms with Gasteiger partial charge < -0.3 is 0 Å². The Morgan fingerprint density at radius 2 is 0.955 bits per heavy atom. The van der Waals surface area contributed by atoms with Crippen molar-refractivity contribution in [3.63, 3.8) is 0 Å². The number of rotatable bonds is 5. The summed E-state index contributed by atoms with van der Waals surface area (Å²) in [6.45, 7) is 14.1. The van der Waals surface area contributed by atoms with Crippen molar-refractivity contribution in [3.05, 3.63) is 77.7 Å². The van der Waals surface area contributed by atoms with Gasteiger partial charge in [0.1, 0.15) is 0 Å². The van der Waals surface area contributed by atoms with Gasteiger partial charge in [0.25, 0.3) is 0 Å². The lowest BCUT2D eigenvalue weighted by Crippen LogP contribution is -2.44. The normalized spacial score (nSPS) is 12.9. The van der Waals surface area contributed by atoms with Crippen molar-refractivity contribution in [2.75, 3.05) is 0 Å². The highest BCUT2D eigenvalue weighted by atomic mass is 14.5. The number of hydrogen-bond acceptors (Lipinski definition) is 0. The highest BCUT2D eigenvalue weighted by molar-refractivity contribution is 5.34. The van der Waals surface area contributed by atoms with E-state index >= 15 is 0 Å². The largest absolute Gasteiger partial charge is 0.0622 e. The molecule has 0 bridgehead atoms. The summed E-state index contributed by atoms with van der Waals surface area (Å²) in [7, 11) is 0. The monoisotopic (exact) mass is 293 g/mol. The highest BCUT2D eigenvalue weighted by Gasteiger charge is 2.44. The van der Waals surface area contributed by atoms with Crippen molar-refractivity contribution < 1.29 is 0 Å². The van der Waals surface area contributed by atoms with E-state index in [0.717, 1.165) is 0 Å². The van der Waals surface area contributed by atoms with E-state index < -0.39 is 0 Å². The van der Waals surface area contributed by atoms with Crippen molar-refractivity contribution >= 4 is 0 Å². The molecule has 0 atom stereocenters. The molecular weight excluding hydrogens is 264 g/mol. The molecule has 2 aromatic rings. The van der Waals surface area contributed by atoms with Crippen LogP contribution in [-0.4, -0.2) is 0 Å². The van der Waals surface area contributed by atoms with Crippen LogP contribution in [0.25, 0.3) is 0 Å². The second-order valence-corrected chi connectivity index (χ2v) is 7.69. The van der Waals surface area contributed by atoms with Gasteiger partial charge in [-0.05, 0) is 33.8 Å². The van der Waals surface area contributed by atoms with E-state index in [2.05, 4.69) is 102 Å². The molecule has 1 radical (unpaired) electrons. The van der Waals surface area contributed by atoms with Crippen molar-refractivity contribution in [2.24, 2.45) is 5.92 Å². The molecule has 22 heavy (non-hydrogen) atoms. The molecule has 0 aliphatic heterocycles. The van der Waals surface area contributed by atoms with Crippen LogP contribution in [0.15, 0.2) is 60.7 Å². The summed E-state index contributed by atoms with van der Waals surface area (Å²) in [5.41, 5.74) is 2.98. The van der Waals surface area contributed by atoms with Crippen LogP contribution in [-0.2, 0) is 10.8 Å². The van der Waals surface area contributed by atoms with Gasteiger partial charge in [0.2, 0.25) is 0 Å². The minimum absolute atomic E-state index is 0.0828. The van der Waals surface area contributed by atoms with Crippen LogP contribution in [0.2, 0.25) is 0 Å². The topological polar surface area (TPSA) is 0 Å². The second kappa shape index (κ2) is 6.28. The molecule has 2 aromatic carbocycles. The van der Waals surface area contributed by atoms with Crippen molar-refractivity contribution in [1.29, 1.82) is 0 Å². The zero-order chi connectivity index (χ0) is 16.4. The average Bonchev–Trinajstić information content (AvgIpc) is 2.48. The van der Waals surface area contributed by atoms with E-state index in [1.54, 1.807) is 0 Å². The first-order valence-corrected chi connectivity index (χ1v) is 8.19. The van der Waals surface area contributed by atoms with Crippen LogP contribution < -0.4 is 0 Å². The predicted molar refractivity (Wildman–Crippen MR) is 97.0 cm³/mol. The molecule has 0 heterocycles. The SMILES string of the molecule is C[C](C)C(C(C)(C)c1ccccc1)C(C)(C)c1ccccc1. The molecule has 0 N–H and O–H groups in total. The molecule has 0 aliphatic rings.